The molecule has 0 aliphatic rings. The standard InChI is InChI=1S/C11H11F4PS/c1-17-10(11(13,14)15)9(7-12)16-8-5-3-2-4-6-8/h2-7,10,16H,1H3. The lowest BCUT2D eigenvalue weighted by Gasteiger charge is -2.20. The highest BCUT2D eigenvalue weighted by atomic mass is 32.2. The maximum Gasteiger partial charge on any atom is 0.404 e. The molecule has 0 aromatic heterocycles. The van der Waals surface area contributed by atoms with Gasteiger partial charge < -0.3 is 0 Å². The van der Waals surface area contributed by atoms with E-state index in [0.717, 1.165) is 0 Å². The minimum Gasteiger partial charge on any atom is -0.215 e. The van der Waals surface area contributed by atoms with Crippen LogP contribution in [0.25, 0.3) is 0 Å². The zero-order valence-electron chi connectivity index (χ0n) is 8.96. The molecule has 0 saturated carbocycles. The lowest BCUT2D eigenvalue weighted by Crippen LogP contribution is -2.26. The molecule has 0 saturated heterocycles. The van der Waals surface area contributed by atoms with Crippen molar-refractivity contribution >= 4 is 25.6 Å². The van der Waals surface area contributed by atoms with Crippen molar-refractivity contribution in [2.24, 2.45) is 0 Å². The molecule has 0 nitrogen and oxygen atoms in total. The minimum absolute atomic E-state index is 0.0834. The van der Waals surface area contributed by atoms with E-state index in [2.05, 4.69) is 0 Å². The fourth-order valence-corrected chi connectivity index (χ4v) is 3.42. The number of rotatable bonds is 4. The average molecular weight is 282 g/mol. The van der Waals surface area contributed by atoms with Crippen LogP contribution < -0.4 is 5.30 Å². The molecule has 0 bridgehead atoms. The maximum atomic E-state index is 12.6. The van der Waals surface area contributed by atoms with Crippen LogP contribution in [-0.4, -0.2) is 17.7 Å². The molecule has 0 heterocycles. The SMILES string of the molecule is CSC(C(=CF)Pc1ccccc1)C(F)(F)F. The highest BCUT2D eigenvalue weighted by molar-refractivity contribution is 7.99. The van der Waals surface area contributed by atoms with Crippen molar-refractivity contribution in [3.05, 3.63) is 42.0 Å². The third kappa shape index (κ3) is 4.32. The van der Waals surface area contributed by atoms with Gasteiger partial charge in [-0.05, 0) is 11.6 Å². The summed E-state index contributed by atoms with van der Waals surface area (Å²) < 4.78 is 50.6. The molecule has 0 aliphatic carbocycles. The maximum absolute atomic E-state index is 12.6. The number of hydrogen-bond donors (Lipinski definition) is 0. The van der Waals surface area contributed by atoms with Gasteiger partial charge in [0.1, 0.15) is 5.25 Å². The molecule has 0 radical (unpaired) electrons. The molecule has 17 heavy (non-hydrogen) atoms. The topological polar surface area (TPSA) is 0 Å². The molecule has 1 aromatic rings. The Morgan fingerprint density at radius 1 is 1.29 bits per heavy atom. The van der Waals surface area contributed by atoms with Gasteiger partial charge in [0.05, 0.1) is 6.33 Å². The Kier molecular flexibility index (Phi) is 5.47. The van der Waals surface area contributed by atoms with Crippen LogP contribution in [0.2, 0.25) is 0 Å². The van der Waals surface area contributed by atoms with Gasteiger partial charge in [0.2, 0.25) is 0 Å². The predicted molar refractivity (Wildman–Crippen MR) is 66.9 cm³/mol. The fourth-order valence-electron chi connectivity index (χ4n) is 1.28. The molecular formula is C11H11F4PS. The van der Waals surface area contributed by atoms with Gasteiger partial charge in [-0.2, -0.15) is 13.2 Å². The second-order valence-corrected chi connectivity index (χ2v) is 5.56. The first-order valence-electron chi connectivity index (χ1n) is 4.71. The molecule has 0 amide bonds. The van der Waals surface area contributed by atoms with Gasteiger partial charge in [-0.3, -0.25) is 0 Å². The van der Waals surface area contributed by atoms with Gasteiger partial charge in [0.25, 0.3) is 0 Å². The third-order valence-electron chi connectivity index (χ3n) is 2.00. The van der Waals surface area contributed by atoms with Crippen molar-refractivity contribution in [2.45, 2.75) is 11.4 Å². The number of hydrogen-bond acceptors (Lipinski definition) is 1. The van der Waals surface area contributed by atoms with Crippen LogP contribution in [-0.2, 0) is 0 Å². The molecule has 0 fully saturated rings. The van der Waals surface area contributed by atoms with E-state index in [-0.39, 0.29) is 20.2 Å². The first-order valence-corrected chi connectivity index (χ1v) is 6.99. The first-order chi connectivity index (χ1) is 7.99. The van der Waals surface area contributed by atoms with Gasteiger partial charge >= 0.3 is 6.18 Å². The van der Waals surface area contributed by atoms with Crippen molar-refractivity contribution in [1.82, 2.24) is 0 Å². The predicted octanol–water partition coefficient (Wildman–Crippen LogP) is 4.10. The van der Waals surface area contributed by atoms with Crippen LogP contribution in [0.5, 0.6) is 0 Å². The summed E-state index contributed by atoms with van der Waals surface area (Å²) in [7, 11) is -0.298. The summed E-state index contributed by atoms with van der Waals surface area (Å²) in [5.74, 6) is 0. The Bertz CT molecular complexity index is 375. The normalized spacial score (nSPS) is 15.5. The monoisotopic (exact) mass is 282 g/mol. The molecule has 1 rings (SSSR count). The number of benzene rings is 1. The Labute approximate surface area is 103 Å². The Morgan fingerprint density at radius 3 is 2.29 bits per heavy atom. The minimum atomic E-state index is -4.42. The Morgan fingerprint density at radius 2 is 1.88 bits per heavy atom. The third-order valence-corrected chi connectivity index (χ3v) is 4.51. The van der Waals surface area contributed by atoms with Crippen LogP contribution in [0, 0.1) is 0 Å². The second-order valence-electron chi connectivity index (χ2n) is 3.21. The van der Waals surface area contributed by atoms with Crippen molar-refractivity contribution in [2.75, 3.05) is 6.26 Å². The number of halogens is 4. The Hall–Kier alpha value is -0.540. The van der Waals surface area contributed by atoms with Crippen LogP contribution >= 0.6 is 20.3 Å². The highest BCUT2D eigenvalue weighted by Crippen LogP contribution is 2.41. The fraction of sp³-hybridized carbons (Fsp3) is 0.273. The van der Waals surface area contributed by atoms with Crippen LogP contribution in [0.3, 0.4) is 0 Å². The molecule has 0 N–H and O–H groups in total. The quantitative estimate of drug-likeness (QED) is 0.592. The second kappa shape index (κ2) is 6.41. The van der Waals surface area contributed by atoms with Gasteiger partial charge in [0, 0.05) is 5.31 Å². The van der Waals surface area contributed by atoms with Gasteiger partial charge in [-0.25, -0.2) is 4.39 Å². The van der Waals surface area contributed by atoms with Gasteiger partial charge in [-0.15, -0.1) is 11.8 Å². The van der Waals surface area contributed by atoms with Crippen molar-refractivity contribution in [1.29, 1.82) is 0 Å². The Balaban J connectivity index is 2.86. The van der Waals surface area contributed by atoms with Gasteiger partial charge in [0.15, 0.2) is 0 Å². The van der Waals surface area contributed by atoms with Crippen molar-refractivity contribution in [3.63, 3.8) is 0 Å². The molecule has 6 heteroatoms. The molecule has 0 aliphatic heterocycles. The van der Waals surface area contributed by atoms with Crippen LogP contribution in [0.1, 0.15) is 0 Å². The molecule has 2 atom stereocenters. The highest BCUT2D eigenvalue weighted by Gasteiger charge is 2.41. The summed E-state index contributed by atoms with van der Waals surface area (Å²) in [5, 5.41) is -1.30. The molecule has 0 spiro atoms. The zero-order valence-corrected chi connectivity index (χ0v) is 10.8. The lowest BCUT2D eigenvalue weighted by molar-refractivity contribution is -0.120. The van der Waals surface area contributed by atoms with Crippen LogP contribution in [0.15, 0.2) is 42.0 Å². The molecule has 94 valence electrons. The van der Waals surface area contributed by atoms with E-state index in [1.165, 1.54) is 6.26 Å². The van der Waals surface area contributed by atoms with E-state index in [0.29, 0.717) is 17.1 Å². The summed E-state index contributed by atoms with van der Waals surface area (Å²) >= 11 is 0.602. The van der Waals surface area contributed by atoms with Crippen molar-refractivity contribution in [3.8, 4) is 0 Å². The van der Waals surface area contributed by atoms with E-state index in [9.17, 15) is 17.6 Å². The molecule has 1 aromatic carbocycles. The first kappa shape index (κ1) is 14.5. The lowest BCUT2D eigenvalue weighted by atomic mass is 10.4. The number of alkyl halides is 3. The van der Waals surface area contributed by atoms with Crippen LogP contribution in [0.4, 0.5) is 17.6 Å². The summed E-state index contributed by atoms with van der Waals surface area (Å²) in [5.41, 5.74) is 0. The molecular weight excluding hydrogens is 271 g/mol. The summed E-state index contributed by atoms with van der Waals surface area (Å²) in [6, 6.07) is 8.59. The average Bonchev–Trinajstić information content (AvgIpc) is 2.28. The van der Waals surface area contributed by atoms with E-state index in [1.807, 2.05) is 0 Å². The molecule has 2 unspecified atom stereocenters. The summed E-state index contributed by atoms with van der Waals surface area (Å²) in [6.45, 7) is 0. The van der Waals surface area contributed by atoms with E-state index in [1.54, 1.807) is 30.3 Å². The zero-order chi connectivity index (χ0) is 12.9. The van der Waals surface area contributed by atoms with Crippen molar-refractivity contribution < 1.29 is 17.6 Å². The number of thioether (sulfide) groups is 1. The summed E-state index contributed by atoms with van der Waals surface area (Å²) in [4.78, 5) is 0. The summed E-state index contributed by atoms with van der Waals surface area (Å²) in [6.07, 6.45) is -3.00. The van der Waals surface area contributed by atoms with Gasteiger partial charge in [-0.1, -0.05) is 38.9 Å². The van der Waals surface area contributed by atoms with E-state index >= 15 is 0 Å². The smallest absolute Gasteiger partial charge is 0.215 e. The van der Waals surface area contributed by atoms with E-state index in [4.69, 9.17) is 0 Å². The largest absolute Gasteiger partial charge is 0.404 e. The van der Waals surface area contributed by atoms with E-state index < -0.39 is 11.4 Å².